The molecule has 2 N–H and O–H groups in total. The average Bonchev–Trinajstić information content (AvgIpc) is 2.58. The summed E-state index contributed by atoms with van der Waals surface area (Å²) in [6.07, 6.45) is 2.48. The second-order valence-electron chi connectivity index (χ2n) is 5.29. The van der Waals surface area contributed by atoms with E-state index >= 15 is 0 Å². The number of amides is 2. The molecule has 132 valence electrons. The first-order chi connectivity index (χ1) is 12.0. The zero-order valence-corrected chi connectivity index (χ0v) is 16.7. The lowest BCUT2D eigenvalue weighted by molar-refractivity contribution is -0.118. The molecule has 0 radical (unpaired) electrons. The standard InChI is InChI=1S/C18H18BrClN2O2S/c1-25-10-9-16(18(24)21-13-6-4-5-12(19)11-13)22-17(23)14-7-2-3-8-15(14)20/h2-8,11,16H,9-10H2,1H3,(H,21,24)(H,22,23)/t16-/m0/s1. The van der Waals surface area contributed by atoms with Crippen molar-refractivity contribution in [3.8, 4) is 0 Å². The lowest BCUT2D eigenvalue weighted by Gasteiger charge is -2.18. The first-order valence-corrected chi connectivity index (χ1v) is 10.2. The molecular weight excluding hydrogens is 424 g/mol. The minimum absolute atomic E-state index is 0.257. The molecule has 2 amide bonds. The molecule has 1 atom stereocenters. The van der Waals surface area contributed by atoms with Crippen LogP contribution in [0.25, 0.3) is 0 Å². The van der Waals surface area contributed by atoms with Crippen LogP contribution >= 0.6 is 39.3 Å². The molecule has 0 aromatic heterocycles. The number of nitrogens with one attached hydrogen (secondary N) is 2. The summed E-state index contributed by atoms with van der Waals surface area (Å²) in [5.41, 5.74) is 1.02. The van der Waals surface area contributed by atoms with Crippen molar-refractivity contribution in [2.45, 2.75) is 12.5 Å². The van der Waals surface area contributed by atoms with Crippen LogP contribution in [0, 0.1) is 0 Å². The molecule has 0 heterocycles. The summed E-state index contributed by atoms with van der Waals surface area (Å²) in [6, 6.07) is 13.4. The van der Waals surface area contributed by atoms with Crippen LogP contribution in [-0.4, -0.2) is 29.9 Å². The van der Waals surface area contributed by atoms with Crippen LogP contribution in [0.4, 0.5) is 5.69 Å². The lowest BCUT2D eigenvalue weighted by atomic mass is 10.1. The summed E-state index contributed by atoms with van der Waals surface area (Å²) in [6.45, 7) is 0. The van der Waals surface area contributed by atoms with Gasteiger partial charge in [-0.2, -0.15) is 11.8 Å². The minimum Gasteiger partial charge on any atom is -0.340 e. The van der Waals surface area contributed by atoms with Crippen LogP contribution in [0.15, 0.2) is 53.0 Å². The van der Waals surface area contributed by atoms with Gasteiger partial charge in [0.1, 0.15) is 6.04 Å². The molecule has 0 fully saturated rings. The highest BCUT2D eigenvalue weighted by Gasteiger charge is 2.22. The summed E-state index contributed by atoms with van der Waals surface area (Å²) >= 11 is 11.1. The molecule has 25 heavy (non-hydrogen) atoms. The van der Waals surface area contributed by atoms with Crippen molar-refractivity contribution in [1.29, 1.82) is 0 Å². The monoisotopic (exact) mass is 440 g/mol. The predicted octanol–water partition coefficient (Wildman–Crippen LogP) is 4.59. The van der Waals surface area contributed by atoms with Gasteiger partial charge in [0.2, 0.25) is 5.91 Å². The molecule has 0 unspecified atom stereocenters. The number of hydrogen-bond acceptors (Lipinski definition) is 3. The van der Waals surface area contributed by atoms with E-state index in [1.165, 1.54) is 0 Å². The summed E-state index contributed by atoms with van der Waals surface area (Å²) in [5.74, 6) is 0.132. The Morgan fingerprint density at radius 2 is 1.96 bits per heavy atom. The lowest BCUT2D eigenvalue weighted by Crippen LogP contribution is -2.44. The van der Waals surface area contributed by atoms with Gasteiger partial charge in [-0.15, -0.1) is 0 Å². The molecule has 0 aliphatic heterocycles. The van der Waals surface area contributed by atoms with Crippen molar-refractivity contribution < 1.29 is 9.59 Å². The smallest absolute Gasteiger partial charge is 0.253 e. The predicted molar refractivity (Wildman–Crippen MR) is 108 cm³/mol. The Bertz CT molecular complexity index is 757. The van der Waals surface area contributed by atoms with E-state index in [9.17, 15) is 9.59 Å². The highest BCUT2D eigenvalue weighted by molar-refractivity contribution is 9.10. The maximum atomic E-state index is 12.6. The zero-order valence-electron chi connectivity index (χ0n) is 13.6. The van der Waals surface area contributed by atoms with Crippen molar-refractivity contribution in [2.75, 3.05) is 17.3 Å². The van der Waals surface area contributed by atoms with E-state index in [0.29, 0.717) is 22.7 Å². The number of carbonyl (C=O) groups excluding carboxylic acids is 2. The van der Waals surface area contributed by atoms with Gasteiger partial charge in [-0.05, 0) is 48.8 Å². The first-order valence-electron chi connectivity index (χ1n) is 7.62. The van der Waals surface area contributed by atoms with Crippen molar-refractivity contribution in [3.05, 3.63) is 63.6 Å². The van der Waals surface area contributed by atoms with Gasteiger partial charge in [-0.1, -0.05) is 45.7 Å². The third-order valence-corrected chi connectivity index (χ3v) is 4.91. The molecule has 0 saturated carbocycles. The van der Waals surface area contributed by atoms with Crippen molar-refractivity contribution in [2.24, 2.45) is 0 Å². The Morgan fingerprint density at radius 1 is 1.20 bits per heavy atom. The molecule has 0 spiro atoms. The van der Waals surface area contributed by atoms with Crippen LogP contribution in [-0.2, 0) is 4.79 Å². The first kappa shape index (κ1) is 19.8. The summed E-state index contributed by atoms with van der Waals surface area (Å²) in [4.78, 5) is 25.1. The molecule has 7 heteroatoms. The highest BCUT2D eigenvalue weighted by Crippen LogP contribution is 2.17. The van der Waals surface area contributed by atoms with Gasteiger partial charge in [0.25, 0.3) is 5.91 Å². The van der Waals surface area contributed by atoms with E-state index < -0.39 is 6.04 Å². The van der Waals surface area contributed by atoms with E-state index in [0.717, 1.165) is 10.2 Å². The van der Waals surface area contributed by atoms with E-state index in [-0.39, 0.29) is 11.8 Å². The van der Waals surface area contributed by atoms with Crippen LogP contribution < -0.4 is 10.6 Å². The average molecular weight is 442 g/mol. The van der Waals surface area contributed by atoms with Gasteiger partial charge in [0.05, 0.1) is 10.6 Å². The highest BCUT2D eigenvalue weighted by atomic mass is 79.9. The number of benzene rings is 2. The fraction of sp³-hybridized carbons (Fsp3) is 0.222. The van der Waals surface area contributed by atoms with Crippen molar-refractivity contribution in [3.63, 3.8) is 0 Å². The van der Waals surface area contributed by atoms with Gasteiger partial charge in [0, 0.05) is 10.2 Å². The SMILES string of the molecule is CSCC[C@H](NC(=O)c1ccccc1Cl)C(=O)Nc1cccc(Br)c1. The largest absolute Gasteiger partial charge is 0.340 e. The van der Waals surface area contributed by atoms with Gasteiger partial charge in [-0.25, -0.2) is 0 Å². The molecule has 2 aromatic carbocycles. The van der Waals surface area contributed by atoms with Crippen LogP contribution in [0.2, 0.25) is 5.02 Å². The summed E-state index contributed by atoms with van der Waals surface area (Å²) in [5, 5.41) is 5.98. The molecule has 0 aliphatic carbocycles. The maximum absolute atomic E-state index is 12.6. The van der Waals surface area contributed by atoms with E-state index in [4.69, 9.17) is 11.6 Å². The number of anilines is 1. The number of carbonyl (C=O) groups is 2. The topological polar surface area (TPSA) is 58.2 Å². The van der Waals surface area contributed by atoms with Crippen LogP contribution in [0.3, 0.4) is 0 Å². The minimum atomic E-state index is -0.643. The number of halogens is 2. The molecule has 2 rings (SSSR count). The van der Waals surface area contributed by atoms with Gasteiger partial charge in [0.15, 0.2) is 0 Å². The molecule has 0 bridgehead atoms. The van der Waals surface area contributed by atoms with E-state index in [1.807, 2.05) is 18.4 Å². The Balaban J connectivity index is 2.10. The van der Waals surface area contributed by atoms with Gasteiger partial charge < -0.3 is 10.6 Å². The maximum Gasteiger partial charge on any atom is 0.253 e. The van der Waals surface area contributed by atoms with E-state index in [1.54, 1.807) is 48.2 Å². The van der Waals surface area contributed by atoms with E-state index in [2.05, 4.69) is 26.6 Å². The van der Waals surface area contributed by atoms with Crippen LogP contribution in [0.1, 0.15) is 16.8 Å². The molecule has 0 saturated heterocycles. The summed E-state index contributed by atoms with van der Waals surface area (Å²) in [7, 11) is 0. The molecule has 2 aromatic rings. The third kappa shape index (κ3) is 6.06. The van der Waals surface area contributed by atoms with Gasteiger partial charge in [-0.3, -0.25) is 9.59 Å². The molecule has 4 nitrogen and oxygen atoms in total. The van der Waals surface area contributed by atoms with Crippen molar-refractivity contribution >= 4 is 56.8 Å². The molecular formula is C18H18BrClN2O2S. The third-order valence-electron chi connectivity index (χ3n) is 3.44. The normalized spacial score (nSPS) is 11.6. The van der Waals surface area contributed by atoms with Crippen LogP contribution in [0.5, 0.6) is 0 Å². The molecule has 0 aliphatic rings. The Morgan fingerprint density at radius 3 is 2.64 bits per heavy atom. The van der Waals surface area contributed by atoms with Crippen molar-refractivity contribution in [1.82, 2.24) is 5.32 Å². The number of rotatable bonds is 7. The Kier molecular flexibility index (Phi) is 7.81. The number of thioether (sulfide) groups is 1. The number of hydrogen-bond donors (Lipinski definition) is 2. The fourth-order valence-corrected chi connectivity index (χ4v) is 3.27. The second kappa shape index (κ2) is 9.85. The fourth-order valence-electron chi connectivity index (χ4n) is 2.18. The zero-order chi connectivity index (χ0) is 18.2. The Hall–Kier alpha value is -1.50. The Labute approximate surface area is 164 Å². The second-order valence-corrected chi connectivity index (χ2v) is 7.60. The van der Waals surface area contributed by atoms with Gasteiger partial charge >= 0.3 is 0 Å². The summed E-state index contributed by atoms with van der Waals surface area (Å²) < 4.78 is 0.867. The quantitative estimate of drug-likeness (QED) is 0.660.